The molecule has 0 N–H and O–H groups in total. The van der Waals surface area contributed by atoms with Crippen LogP contribution < -0.4 is 4.18 Å². The van der Waals surface area contributed by atoms with Crippen molar-refractivity contribution in [3.63, 3.8) is 0 Å². The van der Waals surface area contributed by atoms with Crippen molar-refractivity contribution in [3.8, 4) is 5.75 Å². The molecule has 0 saturated heterocycles. The minimum absolute atomic E-state index is 0.0915. The van der Waals surface area contributed by atoms with Gasteiger partial charge in [-0.1, -0.05) is 37.3 Å². The van der Waals surface area contributed by atoms with Crippen LogP contribution in [0.25, 0.3) is 0 Å². The fourth-order valence-corrected chi connectivity index (χ4v) is 2.63. The lowest BCUT2D eigenvalue weighted by molar-refractivity contribution is -0.108. The fraction of sp³-hybridized carbons (Fsp3) is 0.133. The first kappa shape index (κ1) is 14.3. The Balaban J connectivity index is 2.28. The molecule has 2 aromatic rings. The third-order valence-corrected chi connectivity index (χ3v) is 4.09. The summed E-state index contributed by atoms with van der Waals surface area (Å²) in [4.78, 5) is 10.9. The first-order valence-corrected chi connectivity index (χ1v) is 7.48. The van der Waals surface area contributed by atoms with Gasteiger partial charge in [-0.3, -0.25) is 0 Å². The molecule has 1 atom stereocenters. The van der Waals surface area contributed by atoms with Crippen LogP contribution in [0, 0.1) is 0 Å². The molecule has 0 saturated carbocycles. The van der Waals surface area contributed by atoms with Crippen LogP contribution >= 0.6 is 0 Å². The molecule has 0 aromatic heterocycles. The maximum Gasteiger partial charge on any atom is 0.339 e. The van der Waals surface area contributed by atoms with Gasteiger partial charge >= 0.3 is 10.1 Å². The summed E-state index contributed by atoms with van der Waals surface area (Å²) in [5.74, 6) is -0.113. The van der Waals surface area contributed by atoms with E-state index in [0.29, 0.717) is 5.56 Å². The van der Waals surface area contributed by atoms with E-state index in [4.69, 9.17) is 4.18 Å². The highest BCUT2D eigenvalue weighted by molar-refractivity contribution is 7.87. The summed E-state index contributed by atoms with van der Waals surface area (Å²) in [7, 11) is -3.85. The topological polar surface area (TPSA) is 60.4 Å². The van der Waals surface area contributed by atoms with Gasteiger partial charge in [0.2, 0.25) is 0 Å². The van der Waals surface area contributed by atoms with Crippen molar-refractivity contribution in [3.05, 3.63) is 60.2 Å². The van der Waals surface area contributed by atoms with E-state index in [1.807, 2.05) is 0 Å². The zero-order valence-corrected chi connectivity index (χ0v) is 11.7. The second kappa shape index (κ2) is 5.88. The van der Waals surface area contributed by atoms with E-state index >= 15 is 0 Å². The van der Waals surface area contributed by atoms with Crippen LogP contribution in [0.1, 0.15) is 18.4 Å². The van der Waals surface area contributed by atoms with Gasteiger partial charge in [-0.15, -0.1) is 0 Å². The van der Waals surface area contributed by atoms with Crippen LogP contribution in [0.3, 0.4) is 0 Å². The lowest BCUT2D eigenvalue weighted by Gasteiger charge is -2.09. The van der Waals surface area contributed by atoms with Crippen molar-refractivity contribution in [2.75, 3.05) is 0 Å². The molecule has 0 fully saturated rings. The Morgan fingerprint density at radius 2 is 1.75 bits per heavy atom. The van der Waals surface area contributed by atoms with E-state index in [1.54, 1.807) is 49.4 Å². The minimum atomic E-state index is -3.85. The smallest absolute Gasteiger partial charge is 0.339 e. The molecule has 0 heterocycles. The summed E-state index contributed by atoms with van der Waals surface area (Å²) in [6.45, 7) is 1.73. The van der Waals surface area contributed by atoms with E-state index < -0.39 is 10.1 Å². The Morgan fingerprint density at radius 3 is 2.40 bits per heavy atom. The van der Waals surface area contributed by atoms with Gasteiger partial charge in [0, 0.05) is 5.92 Å². The van der Waals surface area contributed by atoms with Crippen LogP contribution in [0.15, 0.2) is 59.5 Å². The van der Waals surface area contributed by atoms with Gasteiger partial charge < -0.3 is 8.98 Å². The van der Waals surface area contributed by atoms with Gasteiger partial charge in [-0.05, 0) is 29.8 Å². The normalized spacial score (nSPS) is 12.7. The Labute approximate surface area is 118 Å². The van der Waals surface area contributed by atoms with Crippen molar-refractivity contribution < 1.29 is 17.4 Å². The first-order valence-electron chi connectivity index (χ1n) is 6.08. The van der Waals surface area contributed by atoms with Gasteiger partial charge in [0.15, 0.2) is 0 Å². The Kier molecular flexibility index (Phi) is 4.20. The highest BCUT2D eigenvalue weighted by atomic mass is 32.2. The molecule has 104 valence electrons. The van der Waals surface area contributed by atoms with Gasteiger partial charge in [-0.25, -0.2) is 0 Å². The van der Waals surface area contributed by atoms with Crippen LogP contribution in [-0.2, 0) is 14.9 Å². The molecule has 2 aromatic carbocycles. The average Bonchev–Trinajstić information content (AvgIpc) is 2.47. The zero-order chi connectivity index (χ0) is 14.6. The summed E-state index contributed by atoms with van der Waals surface area (Å²) in [6.07, 6.45) is 0.796. The van der Waals surface area contributed by atoms with Gasteiger partial charge in [0.25, 0.3) is 0 Å². The Morgan fingerprint density at radius 1 is 1.05 bits per heavy atom. The molecule has 1 unspecified atom stereocenters. The number of hydrogen-bond acceptors (Lipinski definition) is 4. The van der Waals surface area contributed by atoms with Crippen molar-refractivity contribution >= 4 is 16.4 Å². The molecule has 2 rings (SSSR count). The lowest BCUT2D eigenvalue weighted by atomic mass is 10.0. The number of carbonyl (C=O) groups is 1. The molecule has 20 heavy (non-hydrogen) atoms. The molecular weight excluding hydrogens is 276 g/mol. The second-order valence-corrected chi connectivity index (χ2v) is 5.89. The number of benzene rings is 2. The van der Waals surface area contributed by atoms with Crippen LogP contribution in [-0.4, -0.2) is 14.7 Å². The molecule has 0 aliphatic heterocycles. The van der Waals surface area contributed by atoms with Crippen LogP contribution in [0.4, 0.5) is 0 Å². The molecule has 0 aliphatic rings. The first-order chi connectivity index (χ1) is 9.53. The van der Waals surface area contributed by atoms with Crippen LogP contribution in [0.2, 0.25) is 0 Å². The number of hydrogen-bond donors (Lipinski definition) is 0. The van der Waals surface area contributed by atoms with Crippen molar-refractivity contribution in [2.45, 2.75) is 17.7 Å². The summed E-state index contributed by atoms with van der Waals surface area (Å²) in [5.41, 5.74) is 0.709. The number of carbonyl (C=O) groups excluding carboxylic acids is 1. The summed E-state index contributed by atoms with van der Waals surface area (Å²) >= 11 is 0. The predicted molar refractivity (Wildman–Crippen MR) is 75.2 cm³/mol. The van der Waals surface area contributed by atoms with Crippen molar-refractivity contribution in [1.82, 2.24) is 0 Å². The zero-order valence-electron chi connectivity index (χ0n) is 10.9. The van der Waals surface area contributed by atoms with E-state index in [9.17, 15) is 13.2 Å². The van der Waals surface area contributed by atoms with Crippen LogP contribution in [0.5, 0.6) is 5.75 Å². The molecule has 0 radical (unpaired) electrons. The van der Waals surface area contributed by atoms with Gasteiger partial charge in [-0.2, -0.15) is 8.42 Å². The molecule has 5 heteroatoms. The monoisotopic (exact) mass is 290 g/mol. The molecular formula is C15H14O4S. The third-order valence-electron chi connectivity index (χ3n) is 2.83. The van der Waals surface area contributed by atoms with Gasteiger partial charge in [0.05, 0.1) is 0 Å². The largest absolute Gasteiger partial charge is 0.379 e. The van der Waals surface area contributed by atoms with E-state index in [1.165, 1.54) is 12.1 Å². The number of aldehydes is 1. The molecule has 0 aliphatic carbocycles. The Hall–Kier alpha value is -2.14. The van der Waals surface area contributed by atoms with Crippen molar-refractivity contribution in [1.29, 1.82) is 0 Å². The quantitative estimate of drug-likeness (QED) is 0.627. The lowest BCUT2D eigenvalue weighted by Crippen LogP contribution is -2.09. The second-order valence-electron chi connectivity index (χ2n) is 4.35. The highest BCUT2D eigenvalue weighted by Crippen LogP contribution is 2.22. The number of rotatable bonds is 5. The molecule has 0 spiro atoms. The maximum absolute atomic E-state index is 12.1. The average molecular weight is 290 g/mol. The summed E-state index contributed by atoms with van der Waals surface area (Å²) in [5, 5.41) is 0. The van der Waals surface area contributed by atoms with E-state index in [2.05, 4.69) is 0 Å². The van der Waals surface area contributed by atoms with Gasteiger partial charge in [0.1, 0.15) is 16.9 Å². The third kappa shape index (κ3) is 3.24. The summed E-state index contributed by atoms with van der Waals surface area (Å²) < 4.78 is 29.2. The SMILES string of the molecule is CC(C=O)c1cccc(OS(=O)(=O)c2ccccc2)c1. The Bertz CT molecular complexity index is 693. The maximum atomic E-state index is 12.1. The fourth-order valence-electron chi connectivity index (χ4n) is 1.69. The van der Waals surface area contributed by atoms with E-state index in [-0.39, 0.29) is 16.6 Å². The molecule has 4 nitrogen and oxygen atoms in total. The molecule has 0 bridgehead atoms. The minimum Gasteiger partial charge on any atom is -0.379 e. The molecule has 0 amide bonds. The standard InChI is InChI=1S/C15H14O4S/c1-12(11-16)13-6-5-7-14(10-13)19-20(17,18)15-8-3-2-4-9-15/h2-12H,1H3. The predicted octanol–water partition coefficient (Wildman–Crippen LogP) is 2.76. The summed E-state index contributed by atoms with van der Waals surface area (Å²) in [6, 6.07) is 14.4. The van der Waals surface area contributed by atoms with Crippen molar-refractivity contribution in [2.24, 2.45) is 0 Å². The van der Waals surface area contributed by atoms with E-state index in [0.717, 1.165) is 6.29 Å². The highest BCUT2D eigenvalue weighted by Gasteiger charge is 2.16.